The highest BCUT2D eigenvalue weighted by Gasteiger charge is 2.10. The summed E-state index contributed by atoms with van der Waals surface area (Å²) in [5.74, 6) is 0. The predicted octanol–water partition coefficient (Wildman–Crippen LogP) is 2.01. The van der Waals surface area contributed by atoms with Crippen LogP contribution in [0.15, 0.2) is 17.8 Å². The molecule has 0 aliphatic carbocycles. The molecule has 0 aliphatic rings. The molecule has 0 amide bonds. The predicted molar refractivity (Wildman–Crippen MR) is 87.6 cm³/mol. The molecule has 2 aromatic rings. The summed E-state index contributed by atoms with van der Waals surface area (Å²) < 4.78 is 1.04. The van der Waals surface area contributed by atoms with Crippen molar-refractivity contribution in [3.05, 3.63) is 43.1 Å². The van der Waals surface area contributed by atoms with Crippen molar-refractivity contribution in [2.45, 2.75) is 13.8 Å². The topological polar surface area (TPSA) is 65.6 Å². The van der Waals surface area contributed by atoms with E-state index in [-0.39, 0.29) is 0 Å². The van der Waals surface area contributed by atoms with E-state index in [0.29, 0.717) is 5.56 Å². The summed E-state index contributed by atoms with van der Waals surface area (Å²) in [6.45, 7) is 7.93. The van der Waals surface area contributed by atoms with E-state index in [2.05, 4.69) is 40.2 Å². The Bertz CT molecular complexity index is 835. The number of hydrogen-bond donors (Lipinski definition) is 2. The molecule has 0 saturated carbocycles. The molecule has 4 heteroatoms. The quantitative estimate of drug-likeness (QED) is 0.762. The molecule has 0 fully saturated rings. The van der Waals surface area contributed by atoms with Gasteiger partial charge in [-0.3, -0.25) is 0 Å². The van der Waals surface area contributed by atoms with Crippen molar-refractivity contribution in [3.63, 3.8) is 0 Å². The minimum atomic E-state index is 0.691. The van der Waals surface area contributed by atoms with Gasteiger partial charge in [-0.15, -0.1) is 0 Å². The van der Waals surface area contributed by atoms with Crippen molar-refractivity contribution < 1.29 is 0 Å². The van der Waals surface area contributed by atoms with Crippen molar-refractivity contribution in [1.82, 2.24) is 4.98 Å². The summed E-state index contributed by atoms with van der Waals surface area (Å²) in [5.41, 5.74) is 9.13. The Kier molecular flexibility index (Phi) is 3.67. The number of aryl methyl sites for hydroxylation is 1. The van der Waals surface area contributed by atoms with Crippen LogP contribution in [0.2, 0.25) is 0 Å². The van der Waals surface area contributed by atoms with E-state index in [1.54, 1.807) is 6.20 Å². The first-order valence-electron chi connectivity index (χ1n) is 5.79. The number of benzene rings is 1. The number of rotatable bonds is 1. The SMILES string of the molecule is C=c1[nH]c2c(C)c(C#N)cc(I)c2/c1=C/C(C)=C\N. The van der Waals surface area contributed by atoms with Crippen molar-refractivity contribution in [2.24, 2.45) is 5.73 Å². The molecule has 0 unspecified atom stereocenters. The van der Waals surface area contributed by atoms with Crippen LogP contribution >= 0.6 is 22.6 Å². The zero-order valence-corrected chi connectivity index (χ0v) is 13.0. The molecule has 0 aliphatic heterocycles. The fraction of sp³-hybridized carbons (Fsp3) is 0.133. The molecule has 3 nitrogen and oxygen atoms in total. The molecule has 0 spiro atoms. The van der Waals surface area contributed by atoms with Crippen LogP contribution in [0.25, 0.3) is 23.6 Å². The van der Waals surface area contributed by atoms with Crippen LogP contribution in [-0.2, 0) is 0 Å². The first kappa shape index (κ1) is 13.7. The lowest BCUT2D eigenvalue weighted by Gasteiger charge is -2.02. The standard InChI is InChI=1S/C15H14IN3/c1-8(6-17)4-12-10(3)19-15-9(2)11(7-18)5-13(16)14(12)15/h4-6,19H,3,17H2,1-2H3/b8-6-,12-4+. The Balaban J connectivity index is 3.03. The minimum Gasteiger partial charge on any atom is -0.404 e. The maximum absolute atomic E-state index is 9.15. The van der Waals surface area contributed by atoms with E-state index in [0.717, 1.165) is 36.2 Å². The van der Waals surface area contributed by atoms with Crippen LogP contribution in [-0.4, -0.2) is 4.98 Å². The van der Waals surface area contributed by atoms with Crippen LogP contribution in [0.5, 0.6) is 0 Å². The summed E-state index contributed by atoms with van der Waals surface area (Å²) >= 11 is 2.25. The molecular formula is C15H14IN3. The second kappa shape index (κ2) is 5.10. The zero-order chi connectivity index (χ0) is 14.2. The molecule has 0 bridgehead atoms. The van der Waals surface area contributed by atoms with Crippen LogP contribution in [0.1, 0.15) is 18.1 Å². The van der Waals surface area contributed by atoms with E-state index in [1.165, 1.54) is 0 Å². The van der Waals surface area contributed by atoms with Gasteiger partial charge in [-0.1, -0.05) is 6.58 Å². The van der Waals surface area contributed by atoms with Gasteiger partial charge in [0.15, 0.2) is 0 Å². The van der Waals surface area contributed by atoms with E-state index < -0.39 is 0 Å². The van der Waals surface area contributed by atoms with Gasteiger partial charge >= 0.3 is 0 Å². The van der Waals surface area contributed by atoms with Crippen molar-refractivity contribution in [2.75, 3.05) is 0 Å². The number of allylic oxidation sites excluding steroid dienone is 1. The number of nitriles is 1. The molecule has 1 aromatic heterocycles. The Morgan fingerprint density at radius 3 is 2.84 bits per heavy atom. The second-order valence-electron chi connectivity index (χ2n) is 4.47. The summed E-state index contributed by atoms with van der Waals surface area (Å²) in [6, 6.07) is 4.13. The summed E-state index contributed by atoms with van der Waals surface area (Å²) in [4.78, 5) is 3.27. The zero-order valence-electron chi connectivity index (χ0n) is 10.8. The van der Waals surface area contributed by atoms with E-state index >= 15 is 0 Å². The number of fused-ring (bicyclic) bond motifs is 1. The van der Waals surface area contributed by atoms with Gasteiger partial charge in [0.2, 0.25) is 0 Å². The van der Waals surface area contributed by atoms with E-state index in [4.69, 9.17) is 11.0 Å². The molecule has 1 heterocycles. The third kappa shape index (κ3) is 2.26. The molecule has 0 atom stereocenters. The maximum atomic E-state index is 9.15. The van der Waals surface area contributed by atoms with Gasteiger partial charge in [-0.05, 0) is 65.9 Å². The van der Waals surface area contributed by atoms with Crippen LogP contribution in [0, 0.1) is 21.8 Å². The lowest BCUT2D eigenvalue weighted by atomic mass is 10.1. The number of aromatic nitrogens is 1. The molecule has 0 radical (unpaired) electrons. The Morgan fingerprint density at radius 1 is 1.58 bits per heavy atom. The largest absolute Gasteiger partial charge is 0.404 e. The molecule has 1 aromatic carbocycles. The first-order chi connectivity index (χ1) is 8.99. The average Bonchev–Trinajstić information content (AvgIpc) is 2.71. The van der Waals surface area contributed by atoms with E-state index in [1.807, 2.05) is 26.0 Å². The Labute approximate surface area is 125 Å². The summed E-state index contributed by atoms with van der Waals surface area (Å²) in [7, 11) is 0. The third-order valence-corrected chi connectivity index (χ3v) is 4.02. The smallest absolute Gasteiger partial charge is 0.0995 e. The molecular weight excluding hydrogens is 349 g/mol. The number of nitrogens with zero attached hydrogens (tertiary/aromatic N) is 1. The van der Waals surface area contributed by atoms with Crippen molar-refractivity contribution in [1.29, 1.82) is 5.26 Å². The van der Waals surface area contributed by atoms with Gasteiger partial charge in [0.05, 0.1) is 17.1 Å². The van der Waals surface area contributed by atoms with Crippen LogP contribution < -0.4 is 16.3 Å². The maximum Gasteiger partial charge on any atom is 0.0995 e. The lowest BCUT2D eigenvalue weighted by Crippen LogP contribution is -2.21. The number of H-pyrrole nitrogens is 1. The van der Waals surface area contributed by atoms with Gasteiger partial charge in [0.25, 0.3) is 0 Å². The van der Waals surface area contributed by atoms with E-state index in [9.17, 15) is 0 Å². The highest BCUT2D eigenvalue weighted by atomic mass is 127. The van der Waals surface area contributed by atoms with Gasteiger partial charge in [-0.25, -0.2) is 0 Å². The number of nitrogens with one attached hydrogen (secondary N) is 1. The highest BCUT2D eigenvalue weighted by molar-refractivity contribution is 14.1. The van der Waals surface area contributed by atoms with Gasteiger partial charge in [0, 0.05) is 19.5 Å². The number of aromatic amines is 1. The number of halogens is 1. The second-order valence-corrected chi connectivity index (χ2v) is 5.63. The molecule has 96 valence electrons. The minimum absolute atomic E-state index is 0.691. The van der Waals surface area contributed by atoms with Crippen LogP contribution in [0.4, 0.5) is 0 Å². The third-order valence-electron chi connectivity index (χ3n) is 3.16. The molecule has 0 saturated heterocycles. The lowest BCUT2D eigenvalue weighted by molar-refractivity contribution is 1.33. The van der Waals surface area contributed by atoms with Gasteiger partial charge in [0.1, 0.15) is 0 Å². The fourth-order valence-corrected chi connectivity index (χ4v) is 2.96. The molecule has 2 rings (SSSR count). The first-order valence-corrected chi connectivity index (χ1v) is 6.87. The summed E-state index contributed by atoms with van der Waals surface area (Å²) in [6.07, 6.45) is 3.58. The fourth-order valence-electron chi connectivity index (χ4n) is 2.09. The average molecular weight is 363 g/mol. The number of hydrogen-bond acceptors (Lipinski definition) is 2. The van der Waals surface area contributed by atoms with Crippen molar-refractivity contribution in [3.8, 4) is 6.07 Å². The Morgan fingerprint density at radius 2 is 2.26 bits per heavy atom. The van der Waals surface area contributed by atoms with Gasteiger partial charge in [-0.2, -0.15) is 5.26 Å². The number of nitrogens with two attached hydrogens (primary N) is 1. The van der Waals surface area contributed by atoms with Gasteiger partial charge < -0.3 is 10.7 Å². The monoisotopic (exact) mass is 363 g/mol. The van der Waals surface area contributed by atoms with Crippen LogP contribution in [0.3, 0.4) is 0 Å². The van der Waals surface area contributed by atoms with Crippen molar-refractivity contribution >= 4 is 46.1 Å². The Hall–Kier alpha value is -1.74. The molecule has 19 heavy (non-hydrogen) atoms. The molecule has 3 N–H and O–H groups in total. The normalized spacial score (nSPS) is 12.9. The summed E-state index contributed by atoms with van der Waals surface area (Å²) in [5, 5.41) is 12.1. The highest BCUT2D eigenvalue weighted by Crippen LogP contribution is 2.22.